The minimum Gasteiger partial charge on any atom is -0.496 e. The van der Waals surface area contributed by atoms with Gasteiger partial charge in [-0.15, -0.1) is 0 Å². The highest BCUT2D eigenvalue weighted by Crippen LogP contribution is 2.53. The van der Waals surface area contributed by atoms with Gasteiger partial charge >= 0.3 is 6.18 Å². The highest BCUT2D eigenvalue weighted by Gasteiger charge is 2.54. The smallest absolute Gasteiger partial charge is 0.419 e. The molecule has 0 spiro atoms. The van der Waals surface area contributed by atoms with Crippen molar-refractivity contribution in [2.24, 2.45) is 23.2 Å². The molecule has 0 aliphatic heterocycles. The number of allylic oxidation sites excluding steroid dienone is 1. The Labute approximate surface area is 256 Å². The summed E-state index contributed by atoms with van der Waals surface area (Å²) in [4.78, 5) is 27.6. The number of amides is 2. The van der Waals surface area contributed by atoms with Crippen molar-refractivity contribution in [1.29, 1.82) is 0 Å². The Morgan fingerprint density at radius 3 is 2.32 bits per heavy atom. The van der Waals surface area contributed by atoms with Gasteiger partial charge in [0, 0.05) is 17.6 Å². The summed E-state index contributed by atoms with van der Waals surface area (Å²) in [7, 11) is 1.46. The van der Waals surface area contributed by atoms with Crippen LogP contribution in [0.3, 0.4) is 0 Å². The number of halogens is 4. The molecule has 4 unspecified atom stereocenters. The van der Waals surface area contributed by atoms with Crippen LogP contribution in [0.2, 0.25) is 0 Å². The fourth-order valence-corrected chi connectivity index (χ4v) is 6.32. The summed E-state index contributed by atoms with van der Waals surface area (Å²) in [5.74, 6) is -3.10. The van der Waals surface area contributed by atoms with Gasteiger partial charge in [-0.3, -0.25) is 9.59 Å². The van der Waals surface area contributed by atoms with Crippen LogP contribution in [-0.4, -0.2) is 35.7 Å². The molecular formula is C34H42F4N2O4. The number of alkyl halides is 3. The summed E-state index contributed by atoms with van der Waals surface area (Å²) < 4.78 is 59.4. The van der Waals surface area contributed by atoms with Crippen molar-refractivity contribution < 1.29 is 37.0 Å². The van der Waals surface area contributed by atoms with Crippen LogP contribution in [0.25, 0.3) is 0 Å². The van der Waals surface area contributed by atoms with E-state index in [0.29, 0.717) is 37.1 Å². The molecular weight excluding hydrogens is 576 g/mol. The molecule has 44 heavy (non-hydrogen) atoms. The summed E-state index contributed by atoms with van der Waals surface area (Å²) in [5.41, 5.74) is -0.323. The van der Waals surface area contributed by atoms with E-state index in [1.165, 1.54) is 7.11 Å². The van der Waals surface area contributed by atoms with Crippen molar-refractivity contribution in [2.75, 3.05) is 12.4 Å². The van der Waals surface area contributed by atoms with E-state index in [1.807, 2.05) is 6.07 Å². The van der Waals surface area contributed by atoms with Crippen LogP contribution in [0.5, 0.6) is 5.75 Å². The lowest BCUT2D eigenvalue weighted by Crippen LogP contribution is -2.48. The largest absolute Gasteiger partial charge is 0.496 e. The Balaban J connectivity index is 1.65. The molecule has 2 amide bonds. The van der Waals surface area contributed by atoms with E-state index < -0.39 is 46.9 Å². The second kappa shape index (κ2) is 12.5. The zero-order valence-corrected chi connectivity index (χ0v) is 26.1. The van der Waals surface area contributed by atoms with Crippen molar-refractivity contribution in [3.63, 3.8) is 0 Å². The first-order chi connectivity index (χ1) is 20.4. The maximum Gasteiger partial charge on any atom is 0.419 e. The number of carbonyl (C=O) groups is 2. The zero-order valence-electron chi connectivity index (χ0n) is 26.1. The number of methoxy groups -OCH3 is 1. The summed E-state index contributed by atoms with van der Waals surface area (Å²) in [6.07, 6.45) is 0.462. The van der Waals surface area contributed by atoms with Crippen LogP contribution in [0, 0.1) is 29.0 Å². The first kappa shape index (κ1) is 33.5. The Hall–Kier alpha value is -3.40. The molecule has 2 saturated carbocycles. The quantitative estimate of drug-likeness (QED) is 0.203. The van der Waals surface area contributed by atoms with Crippen LogP contribution >= 0.6 is 0 Å². The number of aryl methyl sites for hydroxylation is 1. The van der Waals surface area contributed by atoms with Crippen molar-refractivity contribution in [3.8, 4) is 5.75 Å². The summed E-state index contributed by atoms with van der Waals surface area (Å²) in [5, 5.41) is 15.8. The van der Waals surface area contributed by atoms with Crippen molar-refractivity contribution in [3.05, 3.63) is 70.6 Å². The summed E-state index contributed by atoms with van der Waals surface area (Å²) in [6, 6.07) is 7.01. The molecule has 0 aromatic heterocycles. The molecule has 2 bridgehead atoms. The van der Waals surface area contributed by atoms with E-state index in [1.54, 1.807) is 26.0 Å². The first-order valence-electron chi connectivity index (χ1n) is 15.0. The number of fused-ring (bicyclic) bond motifs is 2. The maximum atomic E-state index is 13.9. The highest BCUT2D eigenvalue weighted by atomic mass is 19.4. The monoisotopic (exact) mass is 618 g/mol. The van der Waals surface area contributed by atoms with E-state index in [4.69, 9.17) is 4.74 Å². The van der Waals surface area contributed by atoms with Gasteiger partial charge in [0.05, 0.1) is 29.8 Å². The topological polar surface area (TPSA) is 87.7 Å². The lowest BCUT2D eigenvalue weighted by Gasteiger charge is -2.30. The molecule has 6 nitrogen and oxygen atoms in total. The van der Waals surface area contributed by atoms with Crippen molar-refractivity contribution >= 4 is 17.5 Å². The standard InChI is InChI=1S/C34H42F4N2O4/c1-32(2,3)15-14-21-22-9-10-23(21)29(28(22)31(42)39-20-8-11-26(35)25(18-20)34(36,37)38)40-30(41)24-17-19(7-12-27(24)44-6)13-16-33(4,5)43/h7-8,11-12,14,17-18,22-23,28-29,43H,9-10,13,15-16H2,1-6H3,(H,39,42)(H,40,41)/b21-14-. The minimum absolute atomic E-state index is 0.00935. The number of nitrogens with one attached hydrogen (secondary N) is 2. The van der Waals surface area contributed by atoms with Gasteiger partial charge in [-0.25, -0.2) is 4.39 Å². The molecule has 2 fully saturated rings. The van der Waals surface area contributed by atoms with E-state index in [-0.39, 0.29) is 28.5 Å². The van der Waals surface area contributed by atoms with Gasteiger partial charge in [0.1, 0.15) is 11.6 Å². The third-order valence-electron chi connectivity index (χ3n) is 8.52. The Bertz CT molecular complexity index is 1420. The molecule has 0 radical (unpaired) electrons. The third-order valence-corrected chi connectivity index (χ3v) is 8.52. The van der Waals surface area contributed by atoms with E-state index in [9.17, 15) is 32.3 Å². The molecule has 4 atom stereocenters. The van der Waals surface area contributed by atoms with Crippen LogP contribution < -0.4 is 15.4 Å². The lowest BCUT2D eigenvalue weighted by atomic mass is 9.83. The Morgan fingerprint density at radius 2 is 1.70 bits per heavy atom. The molecule has 0 saturated heterocycles. The average Bonchev–Trinajstić information content (AvgIpc) is 3.45. The molecule has 10 heteroatoms. The number of anilines is 1. The van der Waals surface area contributed by atoms with Gasteiger partial charge in [-0.2, -0.15) is 13.2 Å². The van der Waals surface area contributed by atoms with Gasteiger partial charge in [-0.1, -0.05) is 38.5 Å². The highest BCUT2D eigenvalue weighted by molar-refractivity contribution is 5.99. The van der Waals surface area contributed by atoms with E-state index in [0.717, 1.165) is 30.0 Å². The van der Waals surface area contributed by atoms with Crippen LogP contribution in [0.15, 0.2) is 48.0 Å². The second-order valence-corrected chi connectivity index (χ2v) is 13.8. The molecule has 2 aromatic rings. The van der Waals surface area contributed by atoms with E-state index in [2.05, 4.69) is 37.5 Å². The molecule has 3 N–H and O–H groups in total. The minimum atomic E-state index is -4.92. The summed E-state index contributed by atoms with van der Waals surface area (Å²) in [6.45, 7) is 9.74. The number of rotatable bonds is 9. The molecule has 2 aromatic carbocycles. The van der Waals surface area contributed by atoms with Gasteiger partial charge in [0.2, 0.25) is 5.91 Å². The number of benzene rings is 2. The lowest BCUT2D eigenvalue weighted by molar-refractivity contribution is -0.140. The molecule has 2 aliphatic carbocycles. The third kappa shape index (κ3) is 7.81. The zero-order chi connectivity index (χ0) is 32.6. The van der Waals surface area contributed by atoms with E-state index >= 15 is 0 Å². The maximum absolute atomic E-state index is 13.9. The van der Waals surface area contributed by atoms with Gasteiger partial charge < -0.3 is 20.5 Å². The van der Waals surface area contributed by atoms with Crippen LogP contribution in [-0.2, 0) is 17.4 Å². The van der Waals surface area contributed by atoms with Gasteiger partial charge in [-0.05, 0) is 93.2 Å². The number of aliphatic hydroxyl groups is 1. The normalized spacial score (nSPS) is 22.8. The number of ether oxygens (including phenoxy) is 1. The second-order valence-electron chi connectivity index (χ2n) is 13.8. The summed E-state index contributed by atoms with van der Waals surface area (Å²) >= 11 is 0. The van der Waals surface area contributed by atoms with Crippen molar-refractivity contribution in [2.45, 2.75) is 84.5 Å². The fourth-order valence-electron chi connectivity index (χ4n) is 6.32. The Morgan fingerprint density at radius 1 is 1.02 bits per heavy atom. The van der Waals surface area contributed by atoms with Gasteiger partial charge in [0.15, 0.2) is 0 Å². The van der Waals surface area contributed by atoms with Crippen LogP contribution in [0.1, 0.15) is 81.8 Å². The first-order valence-corrected chi connectivity index (χ1v) is 15.0. The molecule has 4 rings (SSSR count). The number of hydrogen-bond acceptors (Lipinski definition) is 4. The van der Waals surface area contributed by atoms with Crippen molar-refractivity contribution in [1.82, 2.24) is 5.32 Å². The predicted octanol–water partition coefficient (Wildman–Crippen LogP) is 7.31. The average molecular weight is 619 g/mol. The number of hydrogen-bond donors (Lipinski definition) is 3. The van der Waals surface area contributed by atoms with Crippen LogP contribution in [0.4, 0.5) is 23.2 Å². The predicted molar refractivity (Wildman–Crippen MR) is 161 cm³/mol. The fraction of sp³-hybridized carbons (Fsp3) is 0.529. The molecule has 0 heterocycles. The van der Waals surface area contributed by atoms with Gasteiger partial charge in [0.25, 0.3) is 5.91 Å². The molecule has 240 valence electrons. The Kier molecular flexibility index (Phi) is 9.54. The number of carbonyl (C=O) groups excluding carboxylic acids is 2. The SMILES string of the molecule is COc1ccc(CCC(C)(C)O)cc1C(=O)NC1C2CCC(/C2=C/CC(C)(C)C)C1C(=O)Nc1ccc(F)c(C(F)(F)F)c1. The molecule has 2 aliphatic rings.